The van der Waals surface area contributed by atoms with Gasteiger partial charge in [-0.2, -0.15) is 0 Å². The average molecular weight is 283 g/mol. The Hall–Kier alpha value is -2.49. The van der Waals surface area contributed by atoms with Crippen LogP contribution < -0.4 is 0 Å². The van der Waals surface area contributed by atoms with Crippen molar-refractivity contribution in [1.29, 1.82) is 0 Å². The standard InChI is InChI=1S/C17H17NO3/c1-17(2,3)21-16(20)18-13-9-5-4-7-11(13)12-8-6-10-14(19)15(12)18/h4-10,19H,1-3H3. The van der Waals surface area contributed by atoms with E-state index in [2.05, 4.69) is 0 Å². The highest BCUT2D eigenvalue weighted by Crippen LogP contribution is 2.34. The maximum absolute atomic E-state index is 12.5. The number of hydrogen-bond donors (Lipinski definition) is 1. The van der Waals surface area contributed by atoms with Crippen molar-refractivity contribution >= 4 is 27.9 Å². The molecule has 0 aliphatic carbocycles. The van der Waals surface area contributed by atoms with Gasteiger partial charge in [0.05, 0.1) is 5.52 Å². The lowest BCUT2D eigenvalue weighted by atomic mass is 10.1. The smallest absolute Gasteiger partial charge is 0.419 e. The number of nitrogens with zero attached hydrogens (tertiary/aromatic N) is 1. The topological polar surface area (TPSA) is 51.5 Å². The zero-order valence-corrected chi connectivity index (χ0v) is 12.3. The zero-order chi connectivity index (χ0) is 15.2. The van der Waals surface area contributed by atoms with Crippen LogP contribution in [0.4, 0.5) is 4.79 Å². The van der Waals surface area contributed by atoms with Crippen molar-refractivity contribution in [3.8, 4) is 5.75 Å². The van der Waals surface area contributed by atoms with Crippen LogP contribution in [0.3, 0.4) is 0 Å². The zero-order valence-electron chi connectivity index (χ0n) is 12.3. The quantitative estimate of drug-likeness (QED) is 0.669. The van der Waals surface area contributed by atoms with Crippen LogP contribution in [0.25, 0.3) is 21.8 Å². The second-order valence-corrected chi connectivity index (χ2v) is 6.01. The summed E-state index contributed by atoms with van der Waals surface area (Å²) in [5, 5.41) is 11.9. The maximum Gasteiger partial charge on any atom is 0.419 e. The summed E-state index contributed by atoms with van der Waals surface area (Å²) < 4.78 is 6.90. The van der Waals surface area contributed by atoms with Crippen molar-refractivity contribution in [3.05, 3.63) is 42.5 Å². The molecule has 108 valence electrons. The number of aromatic hydroxyl groups is 1. The molecule has 0 radical (unpaired) electrons. The highest BCUT2D eigenvalue weighted by atomic mass is 16.6. The lowest BCUT2D eigenvalue weighted by Gasteiger charge is -2.20. The lowest BCUT2D eigenvalue weighted by Crippen LogP contribution is -2.27. The van der Waals surface area contributed by atoms with Gasteiger partial charge in [-0.05, 0) is 32.9 Å². The summed E-state index contributed by atoms with van der Waals surface area (Å²) in [6, 6.07) is 12.8. The predicted molar refractivity (Wildman–Crippen MR) is 82.7 cm³/mol. The van der Waals surface area contributed by atoms with Gasteiger partial charge in [0.15, 0.2) is 0 Å². The van der Waals surface area contributed by atoms with Gasteiger partial charge in [0.25, 0.3) is 0 Å². The highest BCUT2D eigenvalue weighted by molar-refractivity contribution is 6.14. The molecule has 21 heavy (non-hydrogen) atoms. The van der Waals surface area contributed by atoms with E-state index >= 15 is 0 Å². The largest absolute Gasteiger partial charge is 0.506 e. The number of rotatable bonds is 0. The molecule has 0 spiro atoms. The molecule has 1 heterocycles. The Morgan fingerprint density at radius 2 is 1.71 bits per heavy atom. The van der Waals surface area contributed by atoms with Crippen LogP contribution in [0.2, 0.25) is 0 Å². The molecule has 0 saturated carbocycles. The number of carbonyl (C=O) groups is 1. The normalized spacial score (nSPS) is 12.0. The number of carbonyl (C=O) groups excluding carboxylic acids is 1. The average Bonchev–Trinajstić information content (AvgIpc) is 2.73. The van der Waals surface area contributed by atoms with Gasteiger partial charge >= 0.3 is 6.09 Å². The first-order valence-electron chi connectivity index (χ1n) is 6.83. The minimum absolute atomic E-state index is 0.0644. The SMILES string of the molecule is CC(C)(C)OC(=O)n1c2ccccc2c2cccc(O)c21. The van der Waals surface area contributed by atoms with E-state index in [1.807, 2.05) is 51.1 Å². The third-order valence-electron chi connectivity index (χ3n) is 3.25. The van der Waals surface area contributed by atoms with Crippen LogP contribution in [0, 0.1) is 0 Å². The number of hydrogen-bond acceptors (Lipinski definition) is 3. The molecule has 1 N–H and O–H groups in total. The van der Waals surface area contributed by atoms with Gasteiger partial charge in [-0.3, -0.25) is 0 Å². The number of phenolic OH excluding ortho intramolecular Hbond substituents is 1. The summed E-state index contributed by atoms with van der Waals surface area (Å²) in [5.74, 6) is 0.0644. The first-order valence-corrected chi connectivity index (χ1v) is 6.83. The van der Waals surface area contributed by atoms with E-state index in [-0.39, 0.29) is 5.75 Å². The summed E-state index contributed by atoms with van der Waals surface area (Å²) in [6.07, 6.45) is -0.491. The molecular formula is C17H17NO3. The van der Waals surface area contributed by atoms with E-state index in [1.165, 1.54) is 4.57 Å². The van der Waals surface area contributed by atoms with Gasteiger partial charge in [-0.25, -0.2) is 9.36 Å². The van der Waals surface area contributed by atoms with E-state index in [0.29, 0.717) is 5.52 Å². The van der Waals surface area contributed by atoms with E-state index < -0.39 is 11.7 Å². The summed E-state index contributed by atoms with van der Waals surface area (Å²) in [5.41, 5.74) is 0.607. The number of aromatic nitrogens is 1. The Balaban J connectivity index is 2.36. The Kier molecular flexibility index (Phi) is 2.90. The molecule has 0 bridgehead atoms. The highest BCUT2D eigenvalue weighted by Gasteiger charge is 2.23. The molecule has 0 saturated heterocycles. The second-order valence-electron chi connectivity index (χ2n) is 6.01. The fourth-order valence-electron chi connectivity index (χ4n) is 2.50. The number of fused-ring (bicyclic) bond motifs is 3. The molecule has 4 heteroatoms. The first kappa shape index (κ1) is 13.5. The predicted octanol–water partition coefficient (Wildman–Crippen LogP) is 4.28. The second kappa shape index (κ2) is 4.52. The molecule has 3 aromatic rings. The number of ether oxygens (including phenoxy) is 1. The van der Waals surface area contributed by atoms with Crippen LogP contribution in [0.5, 0.6) is 5.75 Å². The maximum atomic E-state index is 12.5. The summed E-state index contributed by atoms with van der Waals surface area (Å²) in [4.78, 5) is 12.5. The van der Waals surface area contributed by atoms with Crippen molar-refractivity contribution in [3.63, 3.8) is 0 Å². The third kappa shape index (κ3) is 2.23. The van der Waals surface area contributed by atoms with Crippen molar-refractivity contribution in [2.75, 3.05) is 0 Å². The first-order chi connectivity index (χ1) is 9.88. The molecule has 0 fully saturated rings. The molecule has 1 aromatic heterocycles. The molecule has 0 atom stereocenters. The van der Waals surface area contributed by atoms with Crippen LogP contribution in [-0.2, 0) is 4.74 Å². The Labute approximate surface area is 122 Å². The van der Waals surface area contributed by atoms with Crippen LogP contribution in [-0.4, -0.2) is 21.4 Å². The molecule has 2 aromatic carbocycles. The van der Waals surface area contributed by atoms with Gasteiger partial charge in [-0.1, -0.05) is 30.3 Å². The van der Waals surface area contributed by atoms with Gasteiger partial charge in [0, 0.05) is 10.8 Å². The molecular weight excluding hydrogens is 266 g/mol. The summed E-state index contributed by atoms with van der Waals surface area (Å²) in [7, 11) is 0. The van der Waals surface area contributed by atoms with Gasteiger partial charge in [-0.15, -0.1) is 0 Å². The Bertz CT molecular complexity index is 840. The van der Waals surface area contributed by atoms with Crippen LogP contribution >= 0.6 is 0 Å². The molecule has 0 unspecified atom stereocenters. The number of benzene rings is 2. The molecule has 0 aliphatic rings. The molecule has 4 nitrogen and oxygen atoms in total. The van der Waals surface area contributed by atoms with E-state index in [0.717, 1.165) is 16.3 Å². The number of para-hydroxylation sites is 2. The fourth-order valence-corrected chi connectivity index (χ4v) is 2.50. The summed E-state index contributed by atoms with van der Waals surface area (Å²) in [6.45, 7) is 5.45. The number of phenols is 1. The van der Waals surface area contributed by atoms with E-state index in [9.17, 15) is 9.90 Å². The van der Waals surface area contributed by atoms with Gasteiger partial charge in [0.1, 0.15) is 16.9 Å². The van der Waals surface area contributed by atoms with Crippen LogP contribution in [0.15, 0.2) is 42.5 Å². The van der Waals surface area contributed by atoms with Crippen LogP contribution in [0.1, 0.15) is 20.8 Å². The molecule has 3 rings (SSSR count). The van der Waals surface area contributed by atoms with Crippen molar-refractivity contribution in [2.24, 2.45) is 0 Å². The van der Waals surface area contributed by atoms with E-state index in [4.69, 9.17) is 4.74 Å². The van der Waals surface area contributed by atoms with E-state index in [1.54, 1.807) is 12.1 Å². The fraction of sp³-hybridized carbons (Fsp3) is 0.235. The Morgan fingerprint density at radius 1 is 1.05 bits per heavy atom. The van der Waals surface area contributed by atoms with Crippen molar-refractivity contribution < 1.29 is 14.6 Å². The minimum Gasteiger partial charge on any atom is -0.506 e. The summed E-state index contributed by atoms with van der Waals surface area (Å²) >= 11 is 0. The molecule has 0 amide bonds. The lowest BCUT2D eigenvalue weighted by molar-refractivity contribution is 0.0550. The monoisotopic (exact) mass is 283 g/mol. The Morgan fingerprint density at radius 3 is 2.43 bits per heavy atom. The van der Waals surface area contributed by atoms with Gasteiger partial charge < -0.3 is 9.84 Å². The third-order valence-corrected chi connectivity index (χ3v) is 3.25. The minimum atomic E-state index is -0.598. The van der Waals surface area contributed by atoms with Crippen molar-refractivity contribution in [1.82, 2.24) is 4.57 Å². The van der Waals surface area contributed by atoms with Gasteiger partial charge in [0.2, 0.25) is 0 Å². The van der Waals surface area contributed by atoms with Crippen molar-refractivity contribution in [2.45, 2.75) is 26.4 Å². The molecule has 0 aliphatic heterocycles.